The number of aromatic nitrogens is 2. The van der Waals surface area contributed by atoms with Gasteiger partial charge in [-0.05, 0) is 24.3 Å². The number of H-pyrrole nitrogens is 1. The maximum absolute atomic E-state index is 12.1. The van der Waals surface area contributed by atoms with E-state index in [9.17, 15) is 9.90 Å². The SMILES string of the molecule is CNc1ccccc1/C(O)=C/c1nc2ccccc2[nH]c1=O. The number of rotatable bonds is 3. The largest absolute Gasteiger partial charge is 0.507 e. The number of nitrogens with one attached hydrogen (secondary N) is 2. The summed E-state index contributed by atoms with van der Waals surface area (Å²) in [5.74, 6) is -0.0155. The van der Waals surface area contributed by atoms with Gasteiger partial charge in [0.1, 0.15) is 11.5 Å². The van der Waals surface area contributed by atoms with Crippen LogP contribution in [-0.2, 0) is 0 Å². The van der Waals surface area contributed by atoms with Crippen LogP contribution in [0, 0.1) is 0 Å². The van der Waals surface area contributed by atoms with Crippen LogP contribution in [0.2, 0.25) is 0 Å². The number of aromatic amines is 1. The molecule has 3 rings (SSSR count). The molecule has 0 aliphatic rings. The van der Waals surface area contributed by atoms with Crippen LogP contribution in [-0.4, -0.2) is 22.1 Å². The maximum Gasteiger partial charge on any atom is 0.274 e. The van der Waals surface area contributed by atoms with Crippen molar-refractivity contribution in [3.63, 3.8) is 0 Å². The van der Waals surface area contributed by atoms with Crippen molar-refractivity contribution < 1.29 is 5.11 Å². The topological polar surface area (TPSA) is 78.0 Å². The highest BCUT2D eigenvalue weighted by Gasteiger charge is 2.08. The Hall–Kier alpha value is -3.08. The third-order valence-electron chi connectivity index (χ3n) is 3.37. The first-order chi connectivity index (χ1) is 10.7. The molecule has 22 heavy (non-hydrogen) atoms. The fourth-order valence-corrected chi connectivity index (χ4v) is 2.27. The number of fused-ring (bicyclic) bond motifs is 1. The van der Waals surface area contributed by atoms with Crippen molar-refractivity contribution in [2.45, 2.75) is 0 Å². The van der Waals surface area contributed by atoms with E-state index in [4.69, 9.17) is 0 Å². The lowest BCUT2D eigenvalue weighted by Crippen LogP contribution is -2.12. The van der Waals surface area contributed by atoms with Gasteiger partial charge in [-0.2, -0.15) is 0 Å². The summed E-state index contributed by atoms with van der Waals surface area (Å²) in [6, 6.07) is 14.6. The Kier molecular flexibility index (Phi) is 3.62. The second-order valence-electron chi connectivity index (χ2n) is 4.79. The summed E-state index contributed by atoms with van der Waals surface area (Å²) in [6.45, 7) is 0. The van der Waals surface area contributed by atoms with Crippen LogP contribution in [0.25, 0.3) is 22.9 Å². The summed E-state index contributed by atoms with van der Waals surface area (Å²) in [5.41, 5.74) is 2.55. The second-order valence-corrected chi connectivity index (χ2v) is 4.79. The minimum atomic E-state index is -0.341. The molecular weight excluding hydrogens is 278 g/mol. The first-order valence-corrected chi connectivity index (χ1v) is 6.86. The van der Waals surface area contributed by atoms with Crippen molar-refractivity contribution >= 4 is 28.6 Å². The number of benzene rings is 2. The van der Waals surface area contributed by atoms with Crippen LogP contribution in [0.1, 0.15) is 11.3 Å². The molecule has 3 N–H and O–H groups in total. The number of nitrogens with zero attached hydrogens (tertiary/aromatic N) is 1. The lowest BCUT2D eigenvalue weighted by Gasteiger charge is -2.07. The van der Waals surface area contributed by atoms with E-state index in [2.05, 4.69) is 15.3 Å². The Balaban J connectivity index is 2.11. The summed E-state index contributed by atoms with van der Waals surface area (Å²) in [7, 11) is 1.77. The molecule has 0 unspecified atom stereocenters. The van der Waals surface area contributed by atoms with Crippen LogP contribution >= 0.6 is 0 Å². The zero-order chi connectivity index (χ0) is 15.5. The van der Waals surface area contributed by atoms with Crippen molar-refractivity contribution in [1.82, 2.24) is 9.97 Å². The van der Waals surface area contributed by atoms with Gasteiger partial charge in [-0.3, -0.25) is 4.79 Å². The van der Waals surface area contributed by atoms with E-state index >= 15 is 0 Å². The van der Waals surface area contributed by atoms with E-state index in [1.807, 2.05) is 30.3 Å². The van der Waals surface area contributed by atoms with Crippen molar-refractivity contribution in [3.8, 4) is 0 Å². The first-order valence-electron chi connectivity index (χ1n) is 6.86. The first kappa shape index (κ1) is 13.9. The van der Waals surface area contributed by atoms with Gasteiger partial charge in [-0.15, -0.1) is 0 Å². The van der Waals surface area contributed by atoms with Crippen LogP contribution in [0.15, 0.2) is 53.3 Å². The average molecular weight is 293 g/mol. The molecule has 5 nitrogen and oxygen atoms in total. The molecule has 0 aliphatic carbocycles. The summed E-state index contributed by atoms with van der Waals surface area (Å²) in [4.78, 5) is 19.1. The summed E-state index contributed by atoms with van der Waals surface area (Å²) in [6.07, 6.45) is 1.38. The molecule has 2 aromatic carbocycles. The van der Waals surface area contributed by atoms with E-state index in [-0.39, 0.29) is 17.0 Å². The van der Waals surface area contributed by atoms with E-state index in [0.29, 0.717) is 16.6 Å². The van der Waals surface area contributed by atoms with Gasteiger partial charge in [-0.25, -0.2) is 4.98 Å². The van der Waals surface area contributed by atoms with E-state index in [0.717, 1.165) is 5.69 Å². The lowest BCUT2D eigenvalue weighted by molar-refractivity contribution is 0.515. The monoisotopic (exact) mass is 293 g/mol. The highest BCUT2D eigenvalue weighted by atomic mass is 16.3. The predicted molar refractivity (Wildman–Crippen MR) is 88.9 cm³/mol. The second kappa shape index (κ2) is 5.73. The van der Waals surface area contributed by atoms with Gasteiger partial charge in [0, 0.05) is 24.4 Å². The summed E-state index contributed by atoms with van der Waals surface area (Å²) >= 11 is 0. The number of aliphatic hydroxyl groups excluding tert-OH is 1. The Labute approximate surface area is 127 Å². The normalized spacial score (nSPS) is 11.6. The molecule has 0 fully saturated rings. The molecule has 0 atom stereocenters. The van der Waals surface area contributed by atoms with Crippen molar-refractivity contribution in [1.29, 1.82) is 0 Å². The fraction of sp³-hybridized carbons (Fsp3) is 0.0588. The van der Waals surface area contributed by atoms with Crippen molar-refractivity contribution in [2.75, 3.05) is 12.4 Å². The Morgan fingerprint density at radius 2 is 1.91 bits per heavy atom. The molecule has 0 spiro atoms. The number of anilines is 1. The quantitative estimate of drug-likeness (QED) is 0.649. The molecule has 0 radical (unpaired) electrons. The van der Waals surface area contributed by atoms with Crippen LogP contribution in [0.5, 0.6) is 0 Å². The molecule has 0 saturated heterocycles. The Bertz CT molecular complexity index is 913. The van der Waals surface area contributed by atoms with Crippen molar-refractivity contribution in [2.24, 2.45) is 0 Å². The molecule has 0 amide bonds. The predicted octanol–water partition coefficient (Wildman–Crippen LogP) is 3.02. The number of hydrogen-bond acceptors (Lipinski definition) is 4. The molecule has 3 aromatic rings. The Morgan fingerprint density at radius 1 is 1.18 bits per heavy atom. The van der Waals surface area contributed by atoms with Gasteiger partial charge >= 0.3 is 0 Å². The summed E-state index contributed by atoms with van der Waals surface area (Å²) in [5, 5.41) is 13.3. The molecule has 1 heterocycles. The summed E-state index contributed by atoms with van der Waals surface area (Å²) < 4.78 is 0. The number of para-hydroxylation sites is 3. The lowest BCUT2D eigenvalue weighted by atomic mass is 10.1. The third kappa shape index (κ3) is 2.56. The minimum absolute atomic E-state index is 0.0155. The van der Waals surface area contributed by atoms with Crippen molar-refractivity contribution in [3.05, 3.63) is 70.1 Å². The van der Waals surface area contributed by atoms with Crippen LogP contribution in [0.3, 0.4) is 0 Å². The molecule has 110 valence electrons. The molecule has 1 aromatic heterocycles. The van der Waals surface area contributed by atoms with Crippen LogP contribution < -0.4 is 10.9 Å². The fourth-order valence-electron chi connectivity index (χ4n) is 2.27. The van der Waals surface area contributed by atoms with E-state index < -0.39 is 0 Å². The zero-order valence-corrected chi connectivity index (χ0v) is 12.0. The zero-order valence-electron chi connectivity index (χ0n) is 12.0. The molecule has 0 aliphatic heterocycles. The molecule has 0 saturated carbocycles. The van der Waals surface area contributed by atoms with Gasteiger partial charge in [0.15, 0.2) is 0 Å². The van der Waals surface area contributed by atoms with Gasteiger partial charge in [-0.1, -0.05) is 24.3 Å². The molecule has 5 heteroatoms. The van der Waals surface area contributed by atoms with Crippen LogP contribution in [0.4, 0.5) is 5.69 Å². The van der Waals surface area contributed by atoms with Gasteiger partial charge in [0.05, 0.1) is 11.0 Å². The molecular formula is C17H15N3O2. The highest BCUT2D eigenvalue weighted by molar-refractivity contribution is 5.83. The Morgan fingerprint density at radius 3 is 2.73 bits per heavy atom. The number of hydrogen-bond donors (Lipinski definition) is 3. The average Bonchev–Trinajstić information content (AvgIpc) is 2.55. The van der Waals surface area contributed by atoms with Gasteiger partial charge in [0.25, 0.3) is 5.56 Å². The van der Waals surface area contributed by atoms with Gasteiger partial charge < -0.3 is 15.4 Å². The smallest absolute Gasteiger partial charge is 0.274 e. The van der Waals surface area contributed by atoms with E-state index in [1.54, 1.807) is 25.2 Å². The van der Waals surface area contributed by atoms with E-state index in [1.165, 1.54) is 6.08 Å². The maximum atomic E-state index is 12.1. The third-order valence-corrected chi connectivity index (χ3v) is 3.37. The molecule has 0 bridgehead atoms. The standard InChI is InChI=1S/C17H15N3O2/c1-18-12-7-3-2-6-11(12)16(21)10-15-17(22)20-14-9-5-4-8-13(14)19-15/h2-10,18,21H,1H3,(H,20,22)/b16-10-. The van der Waals surface area contributed by atoms with Gasteiger partial charge in [0.2, 0.25) is 0 Å². The minimum Gasteiger partial charge on any atom is -0.507 e. The highest BCUT2D eigenvalue weighted by Crippen LogP contribution is 2.22. The number of aliphatic hydroxyl groups is 1.